The van der Waals surface area contributed by atoms with Crippen LogP contribution in [0.3, 0.4) is 0 Å². The van der Waals surface area contributed by atoms with Crippen molar-refractivity contribution in [3.8, 4) is 0 Å². The van der Waals surface area contributed by atoms with E-state index in [0.717, 1.165) is 22.1 Å². The van der Waals surface area contributed by atoms with Crippen molar-refractivity contribution in [2.24, 2.45) is 0 Å². The number of hydrogen-bond donors (Lipinski definition) is 0. The van der Waals surface area contributed by atoms with Gasteiger partial charge in [0.2, 0.25) is 0 Å². The molecule has 0 saturated heterocycles. The van der Waals surface area contributed by atoms with Crippen molar-refractivity contribution in [1.82, 2.24) is 0 Å². The van der Waals surface area contributed by atoms with Gasteiger partial charge in [0, 0.05) is 5.56 Å². The van der Waals surface area contributed by atoms with Gasteiger partial charge in [-0.05, 0) is 34.9 Å². The van der Waals surface area contributed by atoms with Crippen LogP contribution in [0, 0.1) is 6.92 Å². The lowest BCUT2D eigenvalue weighted by molar-refractivity contribution is 1.14. The van der Waals surface area contributed by atoms with Gasteiger partial charge in [-0.15, -0.1) is 22.9 Å². The number of fused-ring (bicyclic) bond motifs is 1. The third kappa shape index (κ3) is 2.44. The normalized spacial score (nSPS) is 12.8. The first-order valence-corrected chi connectivity index (χ1v) is 8.16. The fourth-order valence-corrected chi connectivity index (χ4v) is 4.54. The molecule has 0 aliphatic rings. The molecule has 1 heterocycles. The molecule has 4 heteroatoms. The summed E-state index contributed by atoms with van der Waals surface area (Å²) in [6, 6.07) is 14.3. The van der Waals surface area contributed by atoms with E-state index in [1.165, 1.54) is 16.7 Å². The third-order valence-electron chi connectivity index (χ3n) is 3.40. The molecule has 2 aromatic carbocycles. The Balaban J connectivity index is 2.23. The van der Waals surface area contributed by atoms with E-state index in [-0.39, 0.29) is 5.38 Å². The maximum Gasteiger partial charge on any atom is 0.0994 e. The lowest BCUT2D eigenvalue weighted by Gasteiger charge is -2.15. The molecule has 0 aliphatic carbocycles. The van der Waals surface area contributed by atoms with Crippen molar-refractivity contribution in [3.05, 3.63) is 67.8 Å². The van der Waals surface area contributed by atoms with Crippen LogP contribution >= 0.6 is 46.1 Å². The van der Waals surface area contributed by atoms with E-state index < -0.39 is 0 Å². The molecule has 0 fully saturated rings. The maximum atomic E-state index is 6.70. The summed E-state index contributed by atoms with van der Waals surface area (Å²) in [6.07, 6.45) is 0. The van der Waals surface area contributed by atoms with Crippen molar-refractivity contribution in [2.75, 3.05) is 0 Å². The molecular formula is C16H11Cl3S. The Morgan fingerprint density at radius 1 is 1.05 bits per heavy atom. The summed E-state index contributed by atoms with van der Waals surface area (Å²) in [5.41, 5.74) is 3.13. The van der Waals surface area contributed by atoms with Gasteiger partial charge < -0.3 is 0 Å². The first-order chi connectivity index (χ1) is 9.58. The summed E-state index contributed by atoms with van der Waals surface area (Å²) in [5.74, 6) is 0. The number of halogens is 3. The molecule has 0 aliphatic heterocycles. The van der Waals surface area contributed by atoms with E-state index in [1.54, 1.807) is 0 Å². The van der Waals surface area contributed by atoms with E-state index in [4.69, 9.17) is 34.8 Å². The molecule has 0 bridgehead atoms. The third-order valence-corrected chi connectivity index (χ3v) is 5.37. The summed E-state index contributed by atoms with van der Waals surface area (Å²) in [7, 11) is 0. The predicted octanol–water partition coefficient (Wildman–Crippen LogP) is 6.84. The van der Waals surface area contributed by atoms with Crippen molar-refractivity contribution in [2.45, 2.75) is 12.3 Å². The molecule has 0 nitrogen and oxygen atoms in total. The number of thiophene rings is 1. The number of aryl methyl sites for hydroxylation is 1. The standard InChI is InChI=1S/C16H11Cl3S/c1-9-6-7-10-4-2-3-5-11(10)14(9)15(18)12-8-13(17)20-16(12)19/h2-8,15H,1H3. The molecule has 0 N–H and O–H groups in total. The van der Waals surface area contributed by atoms with E-state index in [9.17, 15) is 0 Å². The lowest BCUT2D eigenvalue weighted by atomic mass is 9.95. The van der Waals surface area contributed by atoms with Gasteiger partial charge in [-0.3, -0.25) is 0 Å². The van der Waals surface area contributed by atoms with Gasteiger partial charge in [-0.25, -0.2) is 0 Å². The van der Waals surface area contributed by atoms with Gasteiger partial charge in [-0.1, -0.05) is 59.6 Å². The van der Waals surface area contributed by atoms with Gasteiger partial charge in [0.15, 0.2) is 0 Å². The van der Waals surface area contributed by atoms with Crippen LogP contribution in [0.1, 0.15) is 22.1 Å². The summed E-state index contributed by atoms with van der Waals surface area (Å²) >= 11 is 20.3. The highest BCUT2D eigenvalue weighted by molar-refractivity contribution is 7.20. The van der Waals surface area contributed by atoms with Crippen molar-refractivity contribution in [1.29, 1.82) is 0 Å². The molecule has 3 aromatic rings. The Labute approximate surface area is 136 Å². The van der Waals surface area contributed by atoms with Gasteiger partial charge >= 0.3 is 0 Å². The molecule has 0 saturated carbocycles. The summed E-state index contributed by atoms with van der Waals surface area (Å²) in [4.78, 5) is 0. The van der Waals surface area contributed by atoms with Gasteiger partial charge in [0.1, 0.15) is 0 Å². The van der Waals surface area contributed by atoms with Crippen LogP contribution < -0.4 is 0 Å². The van der Waals surface area contributed by atoms with E-state index in [2.05, 4.69) is 31.2 Å². The molecule has 102 valence electrons. The van der Waals surface area contributed by atoms with Crippen LogP contribution in [-0.2, 0) is 0 Å². The fraction of sp³-hybridized carbons (Fsp3) is 0.125. The summed E-state index contributed by atoms with van der Waals surface area (Å²) < 4.78 is 1.32. The monoisotopic (exact) mass is 340 g/mol. The SMILES string of the molecule is Cc1ccc2ccccc2c1C(Cl)c1cc(Cl)sc1Cl. The number of benzene rings is 2. The van der Waals surface area contributed by atoms with Crippen LogP contribution in [0.15, 0.2) is 42.5 Å². The van der Waals surface area contributed by atoms with Crippen LogP contribution in [0.4, 0.5) is 0 Å². The first kappa shape index (κ1) is 14.2. The first-order valence-electron chi connectivity index (χ1n) is 6.15. The zero-order valence-corrected chi connectivity index (χ0v) is 13.7. The van der Waals surface area contributed by atoms with Crippen molar-refractivity contribution >= 4 is 56.9 Å². The second kappa shape index (κ2) is 5.57. The van der Waals surface area contributed by atoms with Crippen LogP contribution in [0.2, 0.25) is 8.67 Å². The van der Waals surface area contributed by atoms with Crippen LogP contribution in [-0.4, -0.2) is 0 Å². The molecule has 1 atom stereocenters. The highest BCUT2D eigenvalue weighted by atomic mass is 35.5. The van der Waals surface area contributed by atoms with E-state index in [0.29, 0.717) is 8.67 Å². The van der Waals surface area contributed by atoms with Crippen molar-refractivity contribution < 1.29 is 0 Å². The highest BCUT2D eigenvalue weighted by Crippen LogP contribution is 2.43. The van der Waals surface area contributed by atoms with Crippen LogP contribution in [0.5, 0.6) is 0 Å². The second-order valence-corrected chi connectivity index (χ2v) is 7.38. The topological polar surface area (TPSA) is 0 Å². The van der Waals surface area contributed by atoms with Gasteiger partial charge in [-0.2, -0.15) is 0 Å². The molecule has 0 amide bonds. The van der Waals surface area contributed by atoms with E-state index in [1.807, 2.05) is 18.2 Å². The Morgan fingerprint density at radius 3 is 2.50 bits per heavy atom. The van der Waals surface area contributed by atoms with E-state index >= 15 is 0 Å². The second-order valence-electron chi connectivity index (χ2n) is 4.66. The molecule has 0 spiro atoms. The van der Waals surface area contributed by atoms with Crippen LogP contribution in [0.25, 0.3) is 10.8 Å². The smallest absolute Gasteiger partial charge is 0.0994 e. The quantitative estimate of drug-likeness (QED) is 0.447. The zero-order valence-electron chi connectivity index (χ0n) is 10.7. The summed E-state index contributed by atoms with van der Waals surface area (Å²) in [6.45, 7) is 2.07. The minimum absolute atomic E-state index is 0.294. The molecule has 3 rings (SSSR count). The number of rotatable bonds is 2. The zero-order chi connectivity index (χ0) is 14.3. The Kier molecular flexibility index (Phi) is 3.96. The predicted molar refractivity (Wildman–Crippen MR) is 90.7 cm³/mol. The molecular weight excluding hydrogens is 331 g/mol. The molecule has 1 aromatic heterocycles. The minimum atomic E-state index is -0.294. The lowest BCUT2D eigenvalue weighted by Crippen LogP contribution is -1.97. The summed E-state index contributed by atoms with van der Waals surface area (Å²) in [5, 5.41) is 2.04. The Morgan fingerprint density at radius 2 is 1.80 bits per heavy atom. The number of alkyl halides is 1. The fourth-order valence-electron chi connectivity index (χ4n) is 2.42. The Bertz CT molecular complexity index is 776. The maximum absolute atomic E-state index is 6.70. The average Bonchev–Trinajstić information content (AvgIpc) is 2.77. The Hall–Kier alpha value is -0.730. The largest absolute Gasteiger partial charge is 0.112 e. The van der Waals surface area contributed by atoms with Gasteiger partial charge in [0.05, 0.1) is 14.0 Å². The molecule has 1 unspecified atom stereocenters. The highest BCUT2D eigenvalue weighted by Gasteiger charge is 2.20. The van der Waals surface area contributed by atoms with Gasteiger partial charge in [0.25, 0.3) is 0 Å². The average molecular weight is 342 g/mol. The molecule has 20 heavy (non-hydrogen) atoms. The van der Waals surface area contributed by atoms with Crippen molar-refractivity contribution in [3.63, 3.8) is 0 Å². The minimum Gasteiger partial charge on any atom is -0.112 e. The molecule has 0 radical (unpaired) electrons. The number of hydrogen-bond acceptors (Lipinski definition) is 1.